The molecule has 2 unspecified atom stereocenters. The van der Waals surface area contributed by atoms with Gasteiger partial charge in [-0.15, -0.1) is 0 Å². The van der Waals surface area contributed by atoms with Gasteiger partial charge in [-0.2, -0.15) is 13.2 Å². The molecule has 4 atom stereocenters. The van der Waals surface area contributed by atoms with Crippen molar-refractivity contribution in [1.82, 2.24) is 15.0 Å². The van der Waals surface area contributed by atoms with Crippen LogP contribution in [0, 0.1) is 17.5 Å². The average molecular weight is 2180 g/mol. The first kappa shape index (κ1) is 110. The Balaban J connectivity index is 0.000000163. The monoisotopic (exact) mass is 2170 g/mol. The van der Waals surface area contributed by atoms with Crippen LogP contribution in [0.5, 0.6) is 0 Å². The lowest BCUT2D eigenvalue weighted by Gasteiger charge is -2.33. The van der Waals surface area contributed by atoms with Gasteiger partial charge in [0.05, 0.1) is 109 Å². The van der Waals surface area contributed by atoms with E-state index in [9.17, 15) is 141 Å². The van der Waals surface area contributed by atoms with E-state index in [4.69, 9.17) is 81.2 Å². The van der Waals surface area contributed by atoms with E-state index in [-0.39, 0.29) is 126 Å². The summed E-state index contributed by atoms with van der Waals surface area (Å²) in [7, 11) is 0. The summed E-state index contributed by atoms with van der Waals surface area (Å²) in [6.45, 7) is -7.11. The van der Waals surface area contributed by atoms with E-state index < -0.39 is 223 Å². The van der Waals surface area contributed by atoms with Gasteiger partial charge in [-0.1, -0.05) is 93.3 Å². The number of aliphatic hydroxyl groups is 8. The Kier molecular flexibility index (Phi) is 33.1. The molecule has 9 aromatic carbocycles. The largest absolute Gasteiger partial charge is 0.417 e. The van der Waals surface area contributed by atoms with Crippen molar-refractivity contribution in [3.63, 3.8) is 0 Å². The standard InChI is InChI=1S/C25H19Cl2F3N2O4.C25H19ClF5N3O4.2C24H18Cl2F3N3O4/c26-15-3-8-21-19(11-15)24(36,13-33)25(29,30)9-10-32(21)23(35)14-1-5-17(6-2-14)31-22(34)18-12-16(28)4-7-20(18)27;26-15-6-7-19-18(11-15)23(38,13-35)24(27,28)9-10-34(19)22(37)14-5-8-20(32-12-14)33-21(36)16-3-1-2-4-17(16)25(29,30)31;2*25-14-2-5-19-17(9-14)23(36,12-33)24(28,29)7-8-32(19)22(35)13-1-6-20(30-11-13)31-21(34)16-10-15(27)3-4-18(16)26/h1-8,11-12,33,36H,9-10,13H2,(H,31,34);1-8,11-12,35,38H,9-10,13H2,(H,32,33,36);2*1-6,9-11,33,36H,7-8,12H2,(H,30,31,34)/t24-;;23-;/m0.0./s1. The first-order valence-corrected chi connectivity index (χ1v) is 45.4. The number of nitrogens with one attached hydrogen (secondary N) is 4. The van der Waals surface area contributed by atoms with Crippen LogP contribution < -0.4 is 40.9 Å². The van der Waals surface area contributed by atoms with Gasteiger partial charge in [-0.3, -0.25) is 38.4 Å². The van der Waals surface area contributed by atoms with Crippen LogP contribution >= 0.6 is 81.2 Å². The van der Waals surface area contributed by atoms with Gasteiger partial charge < -0.3 is 81.7 Å². The number of carbonyl (C=O) groups is 8. The van der Waals surface area contributed by atoms with Gasteiger partial charge in [0.2, 0.25) is 0 Å². The number of aromatic nitrogens is 3. The molecular formula is C98H74Cl7F14N11O16. The van der Waals surface area contributed by atoms with E-state index in [1.807, 2.05) is 0 Å². The van der Waals surface area contributed by atoms with Crippen molar-refractivity contribution in [2.75, 3.05) is 93.5 Å². The number of nitrogens with zero attached hydrogens (tertiary/aromatic N) is 7. The summed E-state index contributed by atoms with van der Waals surface area (Å²) in [6.07, 6.45) is -5.25. The van der Waals surface area contributed by atoms with E-state index in [2.05, 4.69) is 36.2 Å². The van der Waals surface area contributed by atoms with Crippen LogP contribution in [0.25, 0.3) is 0 Å². The molecule has 16 rings (SSSR count). The summed E-state index contributed by atoms with van der Waals surface area (Å²) >= 11 is 41.6. The topological polar surface area (TPSA) is 398 Å². The molecule has 12 N–H and O–H groups in total. The molecule has 27 nitrogen and oxygen atoms in total. The van der Waals surface area contributed by atoms with Crippen LogP contribution in [0.4, 0.5) is 107 Å². The minimum atomic E-state index is -4.76. The molecule has 3 aromatic heterocycles. The first-order chi connectivity index (χ1) is 68.7. The van der Waals surface area contributed by atoms with Crippen LogP contribution in [0.3, 0.4) is 0 Å². The maximum atomic E-state index is 14.9. The SMILES string of the molecule is O=C(Nc1ccc(C(=O)N2CCC(F)(F)C(O)(CO)c3cc(Cl)ccc32)cn1)c1cc(F)ccc1Cl.O=C(Nc1ccc(C(=O)N2CCC(F)(F)C(O)(CO)c3cc(Cl)ccc32)cn1)c1ccccc1C(F)(F)F.O=C(Nc1ccc(C(=O)N2CCC(F)(F)[C@](O)(CO)c3cc(Cl)ccc32)cc1)c1cc(F)ccc1Cl.O=C(Nc1ccc(C(=O)N2CCC(F)(F)[C@](O)(CO)c3cc(Cl)ccc32)cn1)c1cc(F)ccc1Cl. The van der Waals surface area contributed by atoms with E-state index in [0.717, 1.165) is 117 Å². The number of rotatable bonds is 16. The molecule has 12 aromatic rings. The molecule has 7 heterocycles. The number of amides is 8. The number of halogens is 21. The van der Waals surface area contributed by atoms with E-state index >= 15 is 0 Å². The molecule has 0 saturated heterocycles. The average Bonchev–Trinajstić information content (AvgIpc) is 1.57. The predicted molar refractivity (Wildman–Crippen MR) is 511 cm³/mol. The Hall–Kier alpha value is -13.1. The van der Waals surface area contributed by atoms with Crippen molar-refractivity contribution in [2.45, 2.75) is 78.0 Å². The highest BCUT2D eigenvalue weighted by molar-refractivity contribution is 6.36. The Morgan fingerprint density at radius 2 is 0.568 bits per heavy atom. The maximum absolute atomic E-state index is 14.9. The summed E-state index contributed by atoms with van der Waals surface area (Å²) in [5.41, 5.74) is -15.4. The van der Waals surface area contributed by atoms with Crippen LogP contribution in [0.2, 0.25) is 35.2 Å². The maximum Gasteiger partial charge on any atom is 0.417 e. The lowest BCUT2D eigenvalue weighted by atomic mass is 9.86. The number of hydrogen-bond donors (Lipinski definition) is 12. The molecule has 4 aliphatic rings. The summed E-state index contributed by atoms with van der Waals surface area (Å²) in [4.78, 5) is 119. The third-order valence-electron chi connectivity index (χ3n) is 23.8. The third kappa shape index (κ3) is 22.9. The van der Waals surface area contributed by atoms with Gasteiger partial charge >= 0.3 is 6.18 Å². The zero-order chi connectivity index (χ0) is 107. The quantitative estimate of drug-likeness (QED) is 0.0400. The smallest absolute Gasteiger partial charge is 0.393 e. The molecule has 764 valence electrons. The Morgan fingerprint density at radius 1 is 0.315 bits per heavy atom. The summed E-state index contributed by atoms with van der Waals surface area (Å²) in [5, 5.41) is 91.3. The van der Waals surface area contributed by atoms with Crippen molar-refractivity contribution in [1.29, 1.82) is 0 Å². The normalized spacial score (nSPS) is 18.8. The second-order valence-electron chi connectivity index (χ2n) is 33.0. The lowest BCUT2D eigenvalue weighted by Crippen LogP contribution is -2.48. The van der Waals surface area contributed by atoms with Gasteiger partial charge in [-0.05, 0) is 200 Å². The molecule has 0 bridgehead atoms. The van der Waals surface area contributed by atoms with Crippen molar-refractivity contribution < 1.29 is 141 Å². The summed E-state index contributed by atoms with van der Waals surface area (Å²) in [6, 6.07) is 42.3. The van der Waals surface area contributed by atoms with Crippen molar-refractivity contribution in [3.05, 3.63) is 356 Å². The van der Waals surface area contributed by atoms with Gasteiger partial charge in [-0.25, -0.2) is 63.2 Å². The van der Waals surface area contributed by atoms with E-state index in [1.54, 1.807) is 0 Å². The van der Waals surface area contributed by atoms with Crippen molar-refractivity contribution in [2.24, 2.45) is 0 Å². The van der Waals surface area contributed by atoms with Gasteiger partial charge in [0, 0.05) is 124 Å². The van der Waals surface area contributed by atoms with Gasteiger partial charge in [0.1, 0.15) is 34.9 Å². The molecule has 0 spiro atoms. The number of pyridine rings is 3. The molecule has 0 aliphatic carbocycles. The van der Waals surface area contributed by atoms with Gasteiger partial charge in [0.15, 0.2) is 22.4 Å². The highest BCUT2D eigenvalue weighted by Gasteiger charge is 2.61. The second kappa shape index (κ2) is 43.9. The van der Waals surface area contributed by atoms with Crippen LogP contribution in [-0.2, 0) is 28.6 Å². The van der Waals surface area contributed by atoms with E-state index in [0.29, 0.717) is 0 Å². The van der Waals surface area contributed by atoms with Gasteiger partial charge in [0.25, 0.3) is 70.9 Å². The predicted octanol–water partition coefficient (Wildman–Crippen LogP) is 19.4. The summed E-state index contributed by atoms with van der Waals surface area (Å²) in [5.74, 6) is -23.2. The Labute approximate surface area is 852 Å². The fraction of sp³-hybridized carbons (Fsp3) is 0.214. The highest BCUT2D eigenvalue weighted by atomic mass is 35.5. The number of anilines is 8. The lowest BCUT2D eigenvalue weighted by molar-refractivity contribution is -0.205. The minimum Gasteiger partial charge on any atom is -0.393 e. The number of benzene rings is 9. The number of fused-ring (bicyclic) bond motifs is 4. The molecule has 0 radical (unpaired) electrons. The number of alkyl halides is 11. The Morgan fingerprint density at radius 3 is 0.829 bits per heavy atom. The van der Waals surface area contributed by atoms with Crippen molar-refractivity contribution in [3.8, 4) is 0 Å². The van der Waals surface area contributed by atoms with Crippen LogP contribution in [-0.4, -0.2) is 179 Å². The highest BCUT2D eigenvalue weighted by Crippen LogP contribution is 2.53. The number of hydrogen-bond acceptors (Lipinski definition) is 19. The van der Waals surface area contributed by atoms with Crippen LogP contribution in [0.15, 0.2) is 231 Å². The fourth-order valence-corrected chi connectivity index (χ4v) is 17.1. The third-order valence-corrected chi connectivity index (χ3v) is 25.8. The first-order valence-electron chi connectivity index (χ1n) is 42.8. The minimum absolute atomic E-state index is 0.00422. The number of aliphatic hydroxyl groups excluding tert-OH is 4. The summed E-state index contributed by atoms with van der Waals surface area (Å²) < 4.78 is 199. The molecule has 48 heteroatoms. The number of carbonyl (C=O) groups excluding carboxylic acids is 8. The van der Waals surface area contributed by atoms with Crippen molar-refractivity contribution >= 4 is 174 Å². The zero-order valence-electron chi connectivity index (χ0n) is 74.3. The molecule has 8 amide bonds. The zero-order valence-corrected chi connectivity index (χ0v) is 79.6. The van der Waals surface area contributed by atoms with Crippen LogP contribution in [0.1, 0.15) is 136 Å². The second-order valence-corrected chi connectivity index (χ2v) is 35.9. The molecule has 146 heavy (non-hydrogen) atoms. The van der Waals surface area contributed by atoms with E-state index in [1.165, 1.54) is 133 Å². The molecule has 0 saturated carbocycles. The molecule has 0 fully saturated rings. The Bertz CT molecular complexity index is 6570. The molecular weight excluding hydrogens is 2100 g/mol. The fourth-order valence-electron chi connectivity index (χ4n) is 15.8. The molecule has 4 aliphatic heterocycles.